The molecule has 3 rings (SSSR count). The Labute approximate surface area is 137 Å². The summed E-state index contributed by atoms with van der Waals surface area (Å²) in [6.45, 7) is 3.07. The number of amides is 2. The highest BCUT2D eigenvalue weighted by atomic mass is 16.2. The predicted molar refractivity (Wildman–Crippen MR) is 88.4 cm³/mol. The van der Waals surface area contributed by atoms with E-state index in [9.17, 15) is 9.59 Å². The fourth-order valence-electron chi connectivity index (χ4n) is 4.00. The van der Waals surface area contributed by atoms with Gasteiger partial charge in [-0.2, -0.15) is 0 Å². The van der Waals surface area contributed by atoms with Crippen molar-refractivity contribution in [3.63, 3.8) is 0 Å². The van der Waals surface area contributed by atoms with Crippen LogP contribution in [0.1, 0.15) is 37.8 Å². The molecule has 1 aromatic rings. The van der Waals surface area contributed by atoms with E-state index in [0.717, 1.165) is 31.5 Å². The number of carbonyl (C=O) groups excluding carboxylic acids is 2. The van der Waals surface area contributed by atoms with Crippen LogP contribution in [0.5, 0.6) is 0 Å². The zero-order chi connectivity index (χ0) is 16.4. The second kappa shape index (κ2) is 6.71. The Balaban J connectivity index is 1.66. The molecule has 23 heavy (non-hydrogen) atoms. The van der Waals surface area contributed by atoms with E-state index in [2.05, 4.69) is 5.32 Å². The molecular formula is C18H25N3O2. The molecule has 0 aromatic heterocycles. The molecule has 1 aliphatic heterocycles. The lowest BCUT2D eigenvalue weighted by Gasteiger charge is -2.23. The van der Waals surface area contributed by atoms with E-state index in [-0.39, 0.29) is 23.9 Å². The molecule has 4 unspecified atom stereocenters. The summed E-state index contributed by atoms with van der Waals surface area (Å²) in [5, 5.41) is 2.90. The first kappa shape index (κ1) is 16.0. The molecule has 1 aliphatic carbocycles. The SMILES string of the molecule is CC(=O)NC(CC(=O)N1CC2CCC(N)C2C1)c1ccccc1. The van der Waals surface area contributed by atoms with Crippen LogP contribution in [0.3, 0.4) is 0 Å². The lowest BCUT2D eigenvalue weighted by Crippen LogP contribution is -2.36. The fraction of sp³-hybridized carbons (Fsp3) is 0.556. The van der Waals surface area contributed by atoms with Gasteiger partial charge in [0.1, 0.15) is 0 Å². The average Bonchev–Trinajstić information content (AvgIpc) is 3.10. The van der Waals surface area contributed by atoms with Crippen LogP contribution < -0.4 is 11.1 Å². The van der Waals surface area contributed by atoms with Gasteiger partial charge in [-0.1, -0.05) is 30.3 Å². The molecule has 0 spiro atoms. The summed E-state index contributed by atoms with van der Waals surface area (Å²) in [4.78, 5) is 26.1. The monoisotopic (exact) mass is 315 g/mol. The highest BCUT2D eigenvalue weighted by Gasteiger charge is 2.42. The molecule has 2 aliphatic rings. The topological polar surface area (TPSA) is 75.4 Å². The molecule has 2 fully saturated rings. The summed E-state index contributed by atoms with van der Waals surface area (Å²) in [5.41, 5.74) is 7.11. The van der Waals surface area contributed by atoms with Gasteiger partial charge in [-0.25, -0.2) is 0 Å². The summed E-state index contributed by atoms with van der Waals surface area (Å²) < 4.78 is 0. The maximum atomic E-state index is 12.7. The summed E-state index contributed by atoms with van der Waals surface area (Å²) >= 11 is 0. The molecule has 0 bridgehead atoms. The van der Waals surface area contributed by atoms with Gasteiger partial charge < -0.3 is 16.0 Å². The van der Waals surface area contributed by atoms with Crippen molar-refractivity contribution >= 4 is 11.8 Å². The number of rotatable bonds is 4. The molecule has 2 amide bonds. The highest BCUT2D eigenvalue weighted by Crippen LogP contribution is 2.37. The third kappa shape index (κ3) is 3.55. The van der Waals surface area contributed by atoms with Crippen molar-refractivity contribution in [2.45, 2.75) is 38.3 Å². The number of hydrogen-bond acceptors (Lipinski definition) is 3. The largest absolute Gasteiger partial charge is 0.349 e. The standard InChI is InChI=1S/C18H25N3O2/c1-12(22)20-17(13-5-3-2-4-6-13)9-18(23)21-10-14-7-8-16(19)15(14)11-21/h2-6,14-17H,7-11,19H2,1H3,(H,20,22). The van der Waals surface area contributed by atoms with Crippen LogP contribution in [-0.2, 0) is 9.59 Å². The third-order valence-corrected chi connectivity index (χ3v) is 5.22. The number of nitrogens with one attached hydrogen (secondary N) is 1. The van der Waals surface area contributed by atoms with Gasteiger partial charge in [-0.3, -0.25) is 9.59 Å². The smallest absolute Gasteiger partial charge is 0.225 e. The Morgan fingerprint density at radius 2 is 2.00 bits per heavy atom. The highest BCUT2D eigenvalue weighted by molar-refractivity contribution is 5.79. The molecule has 124 valence electrons. The number of nitrogens with two attached hydrogens (primary N) is 1. The molecular weight excluding hydrogens is 290 g/mol. The lowest BCUT2D eigenvalue weighted by molar-refractivity contribution is -0.131. The van der Waals surface area contributed by atoms with E-state index >= 15 is 0 Å². The second-order valence-corrected chi connectivity index (χ2v) is 6.83. The Morgan fingerprint density at radius 1 is 1.26 bits per heavy atom. The Kier molecular flexibility index (Phi) is 4.66. The van der Waals surface area contributed by atoms with Gasteiger partial charge in [-0.05, 0) is 30.2 Å². The van der Waals surface area contributed by atoms with Gasteiger partial charge in [0.2, 0.25) is 11.8 Å². The summed E-state index contributed by atoms with van der Waals surface area (Å²) in [6.07, 6.45) is 2.51. The van der Waals surface area contributed by atoms with E-state index < -0.39 is 0 Å². The quantitative estimate of drug-likeness (QED) is 0.883. The van der Waals surface area contributed by atoms with E-state index in [0.29, 0.717) is 18.3 Å². The van der Waals surface area contributed by atoms with E-state index in [4.69, 9.17) is 5.73 Å². The second-order valence-electron chi connectivity index (χ2n) is 6.83. The van der Waals surface area contributed by atoms with E-state index in [1.807, 2.05) is 35.2 Å². The Hall–Kier alpha value is -1.88. The summed E-state index contributed by atoms with van der Waals surface area (Å²) in [7, 11) is 0. The number of likely N-dealkylation sites (tertiary alicyclic amines) is 1. The van der Waals surface area contributed by atoms with Gasteiger partial charge in [0.25, 0.3) is 0 Å². The summed E-state index contributed by atoms with van der Waals surface area (Å²) in [5.74, 6) is 1.00. The molecule has 5 nitrogen and oxygen atoms in total. The molecule has 5 heteroatoms. The van der Waals surface area contributed by atoms with Crippen LogP contribution in [-0.4, -0.2) is 35.8 Å². The van der Waals surface area contributed by atoms with Crippen molar-refractivity contribution in [1.82, 2.24) is 10.2 Å². The van der Waals surface area contributed by atoms with Crippen LogP contribution in [0.4, 0.5) is 0 Å². The van der Waals surface area contributed by atoms with Crippen molar-refractivity contribution in [2.75, 3.05) is 13.1 Å². The predicted octanol–water partition coefficient (Wildman–Crippen LogP) is 1.45. The maximum Gasteiger partial charge on any atom is 0.225 e. The lowest BCUT2D eigenvalue weighted by atomic mass is 9.98. The average molecular weight is 315 g/mol. The van der Waals surface area contributed by atoms with Crippen LogP contribution in [0, 0.1) is 11.8 Å². The number of hydrogen-bond donors (Lipinski definition) is 2. The van der Waals surface area contributed by atoms with Crippen molar-refractivity contribution in [3.05, 3.63) is 35.9 Å². The normalized spacial score (nSPS) is 27.6. The Morgan fingerprint density at radius 3 is 2.65 bits per heavy atom. The zero-order valence-electron chi connectivity index (χ0n) is 13.6. The molecule has 1 aromatic carbocycles. The minimum absolute atomic E-state index is 0.106. The zero-order valence-corrected chi connectivity index (χ0v) is 13.6. The van der Waals surface area contributed by atoms with Gasteiger partial charge in [0.05, 0.1) is 12.5 Å². The minimum Gasteiger partial charge on any atom is -0.349 e. The van der Waals surface area contributed by atoms with Gasteiger partial charge >= 0.3 is 0 Å². The number of nitrogens with zero attached hydrogens (tertiary/aromatic N) is 1. The molecule has 1 saturated heterocycles. The molecule has 1 saturated carbocycles. The van der Waals surface area contributed by atoms with Gasteiger partial charge in [-0.15, -0.1) is 0 Å². The van der Waals surface area contributed by atoms with Crippen LogP contribution >= 0.6 is 0 Å². The number of carbonyl (C=O) groups is 2. The first-order chi connectivity index (χ1) is 11.0. The number of benzene rings is 1. The van der Waals surface area contributed by atoms with E-state index in [1.54, 1.807) is 0 Å². The molecule has 4 atom stereocenters. The first-order valence-corrected chi connectivity index (χ1v) is 8.40. The van der Waals surface area contributed by atoms with Crippen LogP contribution in [0.15, 0.2) is 30.3 Å². The molecule has 3 N–H and O–H groups in total. The van der Waals surface area contributed by atoms with Crippen molar-refractivity contribution in [1.29, 1.82) is 0 Å². The molecule has 1 heterocycles. The fourth-order valence-corrected chi connectivity index (χ4v) is 4.00. The van der Waals surface area contributed by atoms with E-state index in [1.165, 1.54) is 6.92 Å². The maximum absolute atomic E-state index is 12.7. The van der Waals surface area contributed by atoms with Crippen LogP contribution in [0.2, 0.25) is 0 Å². The minimum atomic E-state index is -0.268. The van der Waals surface area contributed by atoms with Gasteiger partial charge in [0.15, 0.2) is 0 Å². The van der Waals surface area contributed by atoms with Crippen molar-refractivity contribution in [2.24, 2.45) is 17.6 Å². The Bertz CT molecular complexity index is 575. The summed E-state index contributed by atoms with van der Waals surface area (Å²) in [6, 6.07) is 9.64. The molecule has 0 radical (unpaired) electrons. The van der Waals surface area contributed by atoms with Crippen molar-refractivity contribution < 1.29 is 9.59 Å². The van der Waals surface area contributed by atoms with Crippen molar-refractivity contribution in [3.8, 4) is 0 Å². The van der Waals surface area contributed by atoms with Crippen LogP contribution in [0.25, 0.3) is 0 Å². The van der Waals surface area contributed by atoms with Gasteiger partial charge in [0, 0.05) is 26.1 Å². The number of fused-ring (bicyclic) bond motifs is 1. The third-order valence-electron chi connectivity index (χ3n) is 5.22. The first-order valence-electron chi connectivity index (χ1n) is 8.40.